The third-order valence-corrected chi connectivity index (χ3v) is 5.85. The lowest BCUT2D eigenvalue weighted by atomic mass is 9.98. The van der Waals surface area contributed by atoms with E-state index in [1.54, 1.807) is 6.92 Å². The lowest BCUT2D eigenvalue weighted by Crippen LogP contribution is -2.61. The van der Waals surface area contributed by atoms with Gasteiger partial charge in [0.1, 0.15) is 6.54 Å². The lowest BCUT2D eigenvalue weighted by molar-refractivity contribution is -0.883. The molecule has 0 saturated carbocycles. The fraction of sp³-hybridized carbons (Fsp3) is 0.815. The Morgan fingerprint density at radius 3 is 1.83 bits per heavy atom. The molecule has 0 aromatic heterocycles. The number of ether oxygens (including phenoxy) is 5. The highest BCUT2D eigenvalue weighted by Crippen LogP contribution is 2.30. The van der Waals surface area contributed by atoms with Crippen molar-refractivity contribution in [3.63, 3.8) is 0 Å². The van der Waals surface area contributed by atoms with Gasteiger partial charge in [-0.2, -0.15) is 0 Å². The Bertz CT molecular complexity index is 732. The second-order valence-electron chi connectivity index (χ2n) is 9.92. The van der Waals surface area contributed by atoms with Gasteiger partial charge in [0.15, 0.2) is 24.6 Å². The molecule has 0 bridgehead atoms. The first kappa shape index (κ1) is 31.9. The summed E-state index contributed by atoms with van der Waals surface area (Å²) in [6.07, 6.45) is 4.83. The van der Waals surface area contributed by atoms with E-state index in [9.17, 15) is 14.4 Å². The van der Waals surface area contributed by atoms with E-state index in [4.69, 9.17) is 30.1 Å². The number of quaternary nitrogens is 1. The van der Waals surface area contributed by atoms with Crippen LogP contribution in [0, 0.1) is 12.3 Å². The monoisotopic (exact) mass is 512 g/mol. The van der Waals surface area contributed by atoms with E-state index >= 15 is 0 Å². The molecule has 1 saturated heterocycles. The molecular weight excluding hydrogens is 466 g/mol. The summed E-state index contributed by atoms with van der Waals surface area (Å²) >= 11 is 0. The van der Waals surface area contributed by atoms with Crippen LogP contribution in [0.3, 0.4) is 0 Å². The number of hydrogen-bond acceptors (Lipinski definition) is 8. The number of carbonyl (C=O) groups is 3. The van der Waals surface area contributed by atoms with Crippen LogP contribution in [0.1, 0.15) is 79.1 Å². The average molecular weight is 513 g/mol. The van der Waals surface area contributed by atoms with Crippen LogP contribution in [0.25, 0.3) is 0 Å². The average Bonchev–Trinajstić information content (AvgIpc) is 2.78. The predicted octanol–water partition coefficient (Wildman–Crippen LogP) is 3.37. The molecule has 9 heteroatoms. The van der Waals surface area contributed by atoms with E-state index < -0.39 is 48.6 Å². The Balaban J connectivity index is 3.04. The van der Waals surface area contributed by atoms with Gasteiger partial charge in [0, 0.05) is 19.3 Å². The Morgan fingerprint density at radius 2 is 1.33 bits per heavy atom. The van der Waals surface area contributed by atoms with Gasteiger partial charge < -0.3 is 28.2 Å². The molecule has 1 aliphatic rings. The number of rotatable bonds is 16. The fourth-order valence-corrected chi connectivity index (χ4v) is 3.94. The number of terminal acetylenes is 1. The normalized spacial score (nSPS) is 24.0. The topological polar surface area (TPSA) is 97.4 Å². The Hall–Kier alpha value is -2.15. The molecule has 0 radical (unpaired) electrons. The van der Waals surface area contributed by atoms with Crippen LogP contribution < -0.4 is 0 Å². The van der Waals surface area contributed by atoms with Gasteiger partial charge in [-0.05, 0) is 44.9 Å². The number of nitrogens with zero attached hydrogens (tertiary/aromatic N) is 1. The zero-order valence-electron chi connectivity index (χ0n) is 23.0. The molecule has 0 spiro atoms. The molecule has 0 N–H and O–H groups in total. The van der Waals surface area contributed by atoms with Crippen molar-refractivity contribution < 1.29 is 42.6 Å². The summed E-state index contributed by atoms with van der Waals surface area (Å²) in [7, 11) is 4.15. The van der Waals surface area contributed by atoms with E-state index in [2.05, 4.69) is 20.0 Å². The molecule has 0 aromatic carbocycles. The molecule has 1 rings (SSSR count). The van der Waals surface area contributed by atoms with Gasteiger partial charge in [-0.1, -0.05) is 20.8 Å². The Morgan fingerprint density at radius 1 is 0.833 bits per heavy atom. The Labute approximate surface area is 216 Å². The van der Waals surface area contributed by atoms with Crippen LogP contribution in [-0.2, 0) is 38.1 Å². The van der Waals surface area contributed by atoms with E-state index in [-0.39, 0.29) is 19.3 Å². The van der Waals surface area contributed by atoms with Crippen molar-refractivity contribution in [2.45, 2.75) is 110 Å². The van der Waals surface area contributed by atoms with Crippen molar-refractivity contribution in [2.24, 2.45) is 0 Å². The highest BCUT2D eigenvalue weighted by atomic mass is 16.7. The molecule has 1 fully saturated rings. The molecule has 5 atom stereocenters. The zero-order valence-corrected chi connectivity index (χ0v) is 23.0. The first-order valence-corrected chi connectivity index (χ1v) is 13.2. The highest BCUT2D eigenvalue weighted by molar-refractivity contribution is 5.71. The van der Waals surface area contributed by atoms with Crippen molar-refractivity contribution in [1.82, 2.24) is 0 Å². The minimum Gasteiger partial charge on any atom is -0.455 e. The van der Waals surface area contributed by atoms with Gasteiger partial charge >= 0.3 is 17.9 Å². The van der Waals surface area contributed by atoms with E-state index in [0.29, 0.717) is 36.9 Å². The summed E-state index contributed by atoms with van der Waals surface area (Å²) in [5.74, 6) is 1.34. The third kappa shape index (κ3) is 11.3. The molecule has 1 heterocycles. The van der Waals surface area contributed by atoms with E-state index in [0.717, 1.165) is 19.4 Å². The van der Waals surface area contributed by atoms with Crippen LogP contribution in [0.2, 0.25) is 0 Å². The lowest BCUT2D eigenvalue weighted by Gasteiger charge is -2.43. The summed E-state index contributed by atoms with van der Waals surface area (Å²) in [5, 5.41) is 0. The Kier molecular flexibility index (Phi) is 14.7. The van der Waals surface area contributed by atoms with Crippen LogP contribution in [0.15, 0.2) is 0 Å². The van der Waals surface area contributed by atoms with Crippen LogP contribution >= 0.6 is 0 Å². The molecule has 9 nitrogen and oxygen atoms in total. The van der Waals surface area contributed by atoms with Gasteiger partial charge in [0.2, 0.25) is 0 Å². The summed E-state index contributed by atoms with van der Waals surface area (Å²) in [6, 6.07) is 0. The molecule has 0 amide bonds. The second-order valence-corrected chi connectivity index (χ2v) is 9.92. The first-order valence-electron chi connectivity index (χ1n) is 13.2. The molecule has 0 aliphatic carbocycles. The third-order valence-electron chi connectivity index (χ3n) is 5.85. The number of carbonyl (C=O) groups excluding carboxylic acids is 3. The first-order chi connectivity index (χ1) is 17.1. The zero-order chi connectivity index (χ0) is 27.1. The maximum absolute atomic E-state index is 12.5. The van der Waals surface area contributed by atoms with Crippen molar-refractivity contribution in [3.05, 3.63) is 0 Å². The maximum Gasteiger partial charge on any atom is 0.306 e. The summed E-state index contributed by atoms with van der Waals surface area (Å²) < 4.78 is 29.9. The molecule has 206 valence electrons. The fourth-order valence-electron chi connectivity index (χ4n) is 3.94. The summed E-state index contributed by atoms with van der Waals surface area (Å²) in [6.45, 7) is 9.20. The van der Waals surface area contributed by atoms with Crippen molar-refractivity contribution >= 4 is 17.9 Å². The standard InChI is InChI=1S/C27H46NO8/c1-8-14-21(29)34-24-20(5)33-27(32-19-13-12-18-28(6,7)17-11-4)26(36-23(31)16-10-3)25(24)35-22(30)15-9-2/h4,20,24-27H,8-10,12-19H2,1-3,5-7H3/q+1/t20-,24+,25+,26?,27?/m0/s1. The van der Waals surface area contributed by atoms with Gasteiger partial charge in [-0.25, -0.2) is 0 Å². The largest absolute Gasteiger partial charge is 0.455 e. The van der Waals surface area contributed by atoms with Gasteiger partial charge in [0.05, 0.1) is 33.4 Å². The predicted molar refractivity (Wildman–Crippen MR) is 135 cm³/mol. The summed E-state index contributed by atoms with van der Waals surface area (Å²) in [5.41, 5.74) is 0. The van der Waals surface area contributed by atoms with Crippen molar-refractivity contribution in [3.8, 4) is 12.3 Å². The minimum absolute atomic E-state index is 0.189. The van der Waals surface area contributed by atoms with Crippen molar-refractivity contribution in [2.75, 3.05) is 33.8 Å². The summed E-state index contributed by atoms with van der Waals surface area (Å²) in [4.78, 5) is 37.3. The second kappa shape index (κ2) is 16.6. The van der Waals surface area contributed by atoms with Gasteiger partial charge in [0.25, 0.3) is 0 Å². The molecule has 1 aliphatic heterocycles. The van der Waals surface area contributed by atoms with E-state index in [1.165, 1.54) is 0 Å². The number of esters is 3. The van der Waals surface area contributed by atoms with Gasteiger partial charge in [-0.3, -0.25) is 14.4 Å². The number of unbranched alkanes of at least 4 members (excludes halogenated alkanes) is 1. The smallest absolute Gasteiger partial charge is 0.306 e. The van der Waals surface area contributed by atoms with E-state index in [1.807, 2.05) is 20.8 Å². The SMILES string of the molecule is C#CC[N+](C)(C)CCCCOC1O[C@@H](C)[C@@H](OC(=O)CCC)[C@@H](OC(=O)CCC)C1OC(=O)CCC. The molecule has 2 unspecified atom stereocenters. The van der Waals surface area contributed by atoms with Crippen LogP contribution in [0.4, 0.5) is 0 Å². The maximum atomic E-state index is 12.5. The minimum atomic E-state index is -1.06. The van der Waals surface area contributed by atoms with Crippen molar-refractivity contribution in [1.29, 1.82) is 0 Å². The molecule has 0 aromatic rings. The van der Waals surface area contributed by atoms with Crippen LogP contribution in [-0.4, -0.2) is 86.9 Å². The quantitative estimate of drug-likeness (QED) is 0.102. The highest BCUT2D eigenvalue weighted by Gasteiger charge is 2.51. The van der Waals surface area contributed by atoms with Crippen LogP contribution in [0.5, 0.6) is 0 Å². The van der Waals surface area contributed by atoms with Gasteiger partial charge in [-0.15, -0.1) is 6.42 Å². The molecular formula is C27H46NO8+. The number of hydrogen-bond donors (Lipinski definition) is 0. The molecule has 36 heavy (non-hydrogen) atoms.